The molecule has 0 spiro atoms. The SMILES string of the molecule is CCCNS(=O)(=O)c1ccc(NCC2CCNC2)cc1. The van der Waals surface area contributed by atoms with E-state index < -0.39 is 10.0 Å². The van der Waals surface area contributed by atoms with Gasteiger partial charge in [-0.1, -0.05) is 6.92 Å². The molecule has 0 aliphatic carbocycles. The van der Waals surface area contributed by atoms with E-state index in [0.29, 0.717) is 17.4 Å². The van der Waals surface area contributed by atoms with Crippen LogP contribution in [0.15, 0.2) is 29.2 Å². The molecule has 1 fully saturated rings. The van der Waals surface area contributed by atoms with Gasteiger partial charge in [-0.25, -0.2) is 13.1 Å². The summed E-state index contributed by atoms with van der Waals surface area (Å²) >= 11 is 0. The Kier molecular flexibility index (Phi) is 5.39. The predicted molar refractivity (Wildman–Crippen MR) is 81.4 cm³/mol. The molecule has 1 heterocycles. The second kappa shape index (κ2) is 7.06. The molecule has 1 aromatic rings. The van der Waals surface area contributed by atoms with Crippen molar-refractivity contribution < 1.29 is 8.42 Å². The van der Waals surface area contributed by atoms with Crippen molar-refractivity contribution >= 4 is 15.7 Å². The molecule has 0 bridgehead atoms. The molecule has 1 unspecified atom stereocenters. The molecular formula is C14H23N3O2S. The Labute approximate surface area is 121 Å². The normalized spacial score (nSPS) is 19.1. The predicted octanol–water partition coefficient (Wildman–Crippen LogP) is 1.40. The summed E-state index contributed by atoms with van der Waals surface area (Å²) in [6, 6.07) is 6.94. The minimum Gasteiger partial charge on any atom is -0.385 e. The molecule has 3 N–H and O–H groups in total. The molecule has 0 amide bonds. The van der Waals surface area contributed by atoms with Crippen LogP contribution in [0.1, 0.15) is 19.8 Å². The van der Waals surface area contributed by atoms with E-state index in [4.69, 9.17) is 0 Å². The largest absolute Gasteiger partial charge is 0.385 e. The zero-order valence-corrected chi connectivity index (χ0v) is 12.7. The van der Waals surface area contributed by atoms with Crippen LogP contribution in [-0.2, 0) is 10.0 Å². The second-order valence-corrected chi connectivity index (χ2v) is 6.93. The Morgan fingerprint density at radius 2 is 2.05 bits per heavy atom. The molecule has 20 heavy (non-hydrogen) atoms. The van der Waals surface area contributed by atoms with Gasteiger partial charge in [-0.05, 0) is 56.1 Å². The standard InChI is InChI=1S/C14H23N3O2S/c1-2-8-17-20(18,19)14-5-3-13(4-6-14)16-11-12-7-9-15-10-12/h3-6,12,15-17H,2,7-11H2,1H3. The summed E-state index contributed by atoms with van der Waals surface area (Å²) in [5, 5.41) is 6.68. The van der Waals surface area contributed by atoms with Gasteiger partial charge in [0.25, 0.3) is 0 Å². The highest BCUT2D eigenvalue weighted by Gasteiger charge is 2.15. The zero-order chi connectivity index (χ0) is 14.4. The van der Waals surface area contributed by atoms with Crippen LogP contribution in [0.3, 0.4) is 0 Å². The van der Waals surface area contributed by atoms with E-state index >= 15 is 0 Å². The first-order valence-corrected chi connectivity index (χ1v) is 8.64. The first-order chi connectivity index (χ1) is 9.62. The van der Waals surface area contributed by atoms with Gasteiger partial charge in [-0.2, -0.15) is 0 Å². The first kappa shape index (κ1) is 15.3. The number of hydrogen-bond donors (Lipinski definition) is 3. The molecule has 0 radical (unpaired) electrons. The van der Waals surface area contributed by atoms with Crippen LogP contribution < -0.4 is 15.4 Å². The fraction of sp³-hybridized carbons (Fsp3) is 0.571. The van der Waals surface area contributed by atoms with Crippen molar-refractivity contribution in [2.75, 3.05) is 31.5 Å². The Hall–Kier alpha value is -1.11. The lowest BCUT2D eigenvalue weighted by Gasteiger charge is -2.12. The molecular weight excluding hydrogens is 274 g/mol. The van der Waals surface area contributed by atoms with Crippen molar-refractivity contribution in [1.29, 1.82) is 0 Å². The quantitative estimate of drug-likeness (QED) is 0.711. The Morgan fingerprint density at radius 3 is 2.65 bits per heavy atom. The van der Waals surface area contributed by atoms with Gasteiger partial charge in [0.05, 0.1) is 4.90 Å². The molecule has 112 valence electrons. The zero-order valence-electron chi connectivity index (χ0n) is 11.9. The third-order valence-corrected chi connectivity index (χ3v) is 4.94. The lowest BCUT2D eigenvalue weighted by Crippen LogP contribution is -2.24. The van der Waals surface area contributed by atoms with Gasteiger partial charge >= 0.3 is 0 Å². The maximum atomic E-state index is 11.9. The molecule has 6 heteroatoms. The van der Waals surface area contributed by atoms with Crippen molar-refractivity contribution in [2.24, 2.45) is 5.92 Å². The van der Waals surface area contributed by atoms with Crippen LogP contribution in [0.4, 0.5) is 5.69 Å². The maximum absolute atomic E-state index is 11.9. The number of anilines is 1. The summed E-state index contributed by atoms with van der Waals surface area (Å²) in [5.74, 6) is 0.657. The van der Waals surface area contributed by atoms with Crippen molar-refractivity contribution in [3.8, 4) is 0 Å². The molecule has 1 saturated heterocycles. The van der Waals surface area contributed by atoms with Gasteiger partial charge < -0.3 is 10.6 Å². The van der Waals surface area contributed by atoms with Crippen LogP contribution in [-0.4, -0.2) is 34.6 Å². The van der Waals surface area contributed by atoms with E-state index in [0.717, 1.165) is 31.7 Å². The highest BCUT2D eigenvalue weighted by molar-refractivity contribution is 7.89. The van der Waals surface area contributed by atoms with Gasteiger partial charge in [0.2, 0.25) is 10.0 Å². The summed E-state index contributed by atoms with van der Waals surface area (Å²) in [5.41, 5.74) is 0.964. The molecule has 1 atom stereocenters. The highest BCUT2D eigenvalue weighted by Crippen LogP contribution is 2.15. The van der Waals surface area contributed by atoms with Crippen molar-refractivity contribution in [3.63, 3.8) is 0 Å². The molecule has 5 nitrogen and oxygen atoms in total. The van der Waals surface area contributed by atoms with Crippen LogP contribution in [0.5, 0.6) is 0 Å². The third-order valence-electron chi connectivity index (χ3n) is 3.46. The highest BCUT2D eigenvalue weighted by atomic mass is 32.2. The minimum atomic E-state index is -3.36. The summed E-state index contributed by atoms with van der Waals surface area (Å²) in [7, 11) is -3.36. The second-order valence-electron chi connectivity index (χ2n) is 5.16. The number of nitrogens with one attached hydrogen (secondary N) is 3. The van der Waals surface area contributed by atoms with Crippen molar-refractivity contribution in [2.45, 2.75) is 24.7 Å². The summed E-state index contributed by atoms with van der Waals surface area (Å²) < 4.78 is 26.4. The average molecular weight is 297 g/mol. The van der Waals surface area contributed by atoms with E-state index in [2.05, 4.69) is 15.4 Å². The Bertz CT molecular complexity index is 508. The van der Waals surface area contributed by atoms with Gasteiger partial charge in [-0.3, -0.25) is 0 Å². The van der Waals surface area contributed by atoms with E-state index in [1.54, 1.807) is 12.1 Å². The number of hydrogen-bond acceptors (Lipinski definition) is 4. The summed E-state index contributed by atoms with van der Waals surface area (Å²) in [6.07, 6.45) is 1.98. The monoisotopic (exact) mass is 297 g/mol. The van der Waals surface area contributed by atoms with Crippen LogP contribution in [0, 0.1) is 5.92 Å². The Morgan fingerprint density at radius 1 is 1.30 bits per heavy atom. The molecule has 1 aliphatic heterocycles. The maximum Gasteiger partial charge on any atom is 0.240 e. The fourth-order valence-electron chi connectivity index (χ4n) is 2.22. The van der Waals surface area contributed by atoms with Crippen LogP contribution in [0.2, 0.25) is 0 Å². The van der Waals surface area contributed by atoms with Gasteiger partial charge in [0.15, 0.2) is 0 Å². The smallest absolute Gasteiger partial charge is 0.240 e. The topological polar surface area (TPSA) is 70.2 Å². The van der Waals surface area contributed by atoms with Gasteiger partial charge in [0, 0.05) is 18.8 Å². The lowest BCUT2D eigenvalue weighted by atomic mass is 10.1. The van der Waals surface area contributed by atoms with Crippen molar-refractivity contribution in [1.82, 2.24) is 10.0 Å². The number of sulfonamides is 1. The first-order valence-electron chi connectivity index (χ1n) is 7.16. The summed E-state index contributed by atoms with van der Waals surface area (Å²) in [6.45, 7) is 5.48. The minimum absolute atomic E-state index is 0.319. The van der Waals surface area contributed by atoms with Crippen LogP contribution >= 0.6 is 0 Å². The van der Waals surface area contributed by atoms with E-state index in [1.807, 2.05) is 19.1 Å². The molecule has 0 aromatic heterocycles. The van der Waals surface area contributed by atoms with Gasteiger partial charge in [0.1, 0.15) is 0 Å². The fourth-order valence-corrected chi connectivity index (χ4v) is 3.36. The molecule has 1 aromatic carbocycles. The van der Waals surface area contributed by atoms with Crippen LogP contribution in [0.25, 0.3) is 0 Å². The number of benzene rings is 1. The Balaban J connectivity index is 1.91. The van der Waals surface area contributed by atoms with E-state index in [9.17, 15) is 8.42 Å². The molecule has 1 aliphatic rings. The lowest BCUT2D eigenvalue weighted by molar-refractivity contribution is 0.581. The average Bonchev–Trinajstić information content (AvgIpc) is 2.97. The number of rotatable bonds is 7. The van der Waals surface area contributed by atoms with E-state index in [1.165, 1.54) is 6.42 Å². The van der Waals surface area contributed by atoms with Gasteiger partial charge in [-0.15, -0.1) is 0 Å². The van der Waals surface area contributed by atoms with E-state index in [-0.39, 0.29) is 0 Å². The summed E-state index contributed by atoms with van der Waals surface area (Å²) in [4.78, 5) is 0.319. The third kappa shape index (κ3) is 4.19. The molecule has 2 rings (SSSR count). The van der Waals surface area contributed by atoms with Crippen molar-refractivity contribution in [3.05, 3.63) is 24.3 Å². The molecule has 0 saturated carbocycles.